The molecule has 3 aromatic rings. The summed E-state index contributed by atoms with van der Waals surface area (Å²) in [5.41, 5.74) is 1.65. The van der Waals surface area contributed by atoms with Crippen molar-refractivity contribution in [2.75, 3.05) is 4.90 Å². The first-order chi connectivity index (χ1) is 13.7. The van der Waals surface area contributed by atoms with E-state index in [0.29, 0.717) is 5.69 Å². The van der Waals surface area contributed by atoms with Gasteiger partial charge in [-0.25, -0.2) is 4.98 Å². The van der Waals surface area contributed by atoms with Gasteiger partial charge in [-0.3, -0.25) is 14.6 Å². The molecular formula is C22H15N3O2S. The van der Waals surface area contributed by atoms with Gasteiger partial charge >= 0.3 is 5.56 Å². The number of thiophene rings is 1. The van der Waals surface area contributed by atoms with Gasteiger partial charge in [0.2, 0.25) is 0 Å². The minimum atomic E-state index is -0.710. The molecule has 2 aliphatic heterocycles. The summed E-state index contributed by atoms with van der Waals surface area (Å²) < 4.78 is 0. The summed E-state index contributed by atoms with van der Waals surface area (Å²) in [5.74, 6) is 0. The largest absolute Gasteiger partial charge is 0.320 e. The third-order valence-electron chi connectivity index (χ3n) is 4.07. The normalized spacial score (nSPS) is 10.4. The number of benzene rings is 2. The Labute approximate surface area is 165 Å². The molecule has 0 spiro atoms. The van der Waals surface area contributed by atoms with E-state index in [2.05, 4.69) is 80.9 Å². The van der Waals surface area contributed by atoms with Crippen molar-refractivity contribution in [3.05, 3.63) is 111 Å². The van der Waals surface area contributed by atoms with Gasteiger partial charge < -0.3 is 4.90 Å². The number of hydrogen-bond acceptors (Lipinski definition) is 6. The van der Waals surface area contributed by atoms with Crippen molar-refractivity contribution in [2.45, 2.75) is 0 Å². The Morgan fingerprint density at radius 2 is 1.39 bits per heavy atom. The highest BCUT2D eigenvalue weighted by atomic mass is 32.1. The van der Waals surface area contributed by atoms with Crippen molar-refractivity contribution in [1.29, 1.82) is 0 Å². The topological polar surface area (TPSA) is 63.2 Å². The number of hydrogen-bond donors (Lipinski definition) is 0. The van der Waals surface area contributed by atoms with Gasteiger partial charge in [-0.15, -0.1) is 11.3 Å². The molecule has 0 bridgehead atoms. The predicted molar refractivity (Wildman–Crippen MR) is 113 cm³/mol. The van der Waals surface area contributed by atoms with Gasteiger partial charge in [0, 0.05) is 17.6 Å². The van der Waals surface area contributed by atoms with Crippen LogP contribution in [0.1, 0.15) is 0 Å². The molecule has 2 aliphatic rings. The van der Waals surface area contributed by atoms with Crippen LogP contribution in [-0.2, 0) is 0 Å². The molecule has 0 atom stereocenters. The smallest absolute Gasteiger partial charge is 0.302 e. The second-order valence-corrected chi connectivity index (χ2v) is 6.81. The zero-order valence-electron chi connectivity index (χ0n) is 14.7. The summed E-state index contributed by atoms with van der Waals surface area (Å²) in [5, 5.41) is 3.33. The molecule has 6 heteroatoms. The first kappa shape index (κ1) is 17.8. The Kier molecular flexibility index (Phi) is 5.03. The monoisotopic (exact) mass is 385 g/mol. The highest BCUT2D eigenvalue weighted by Crippen LogP contribution is 2.36. The van der Waals surface area contributed by atoms with E-state index in [4.69, 9.17) is 0 Å². The standard InChI is InChI=1S/C16H13NS.C6H2N2O2/c1-3-8-14(9-4-1)17(16-12-7-13-18-16)15-10-5-2-6-11-15;9-5-4-3(1-2-7-4)8-6(5)10/h1-13H;1-2H. The van der Waals surface area contributed by atoms with Crippen LogP contribution in [0.4, 0.5) is 16.4 Å². The molecule has 0 fully saturated rings. The molecule has 0 N–H and O–H groups in total. The van der Waals surface area contributed by atoms with E-state index < -0.39 is 11.0 Å². The van der Waals surface area contributed by atoms with Crippen LogP contribution in [0.25, 0.3) is 11.4 Å². The summed E-state index contributed by atoms with van der Waals surface area (Å²) in [6.45, 7) is 0. The van der Waals surface area contributed by atoms with E-state index >= 15 is 0 Å². The first-order valence-electron chi connectivity index (χ1n) is 8.60. The molecule has 1 aromatic heterocycles. The lowest BCUT2D eigenvalue weighted by Crippen LogP contribution is -2.19. The number of para-hydroxylation sites is 2. The number of anilines is 3. The fraction of sp³-hybridized carbons (Fsp3) is 0. The Morgan fingerprint density at radius 1 is 0.750 bits per heavy atom. The highest BCUT2D eigenvalue weighted by molar-refractivity contribution is 7.14. The Balaban J connectivity index is 0.000000162. The zero-order valence-corrected chi connectivity index (χ0v) is 15.5. The lowest BCUT2D eigenvalue weighted by molar-refractivity contribution is 1.30. The van der Waals surface area contributed by atoms with E-state index in [0.717, 1.165) is 0 Å². The van der Waals surface area contributed by atoms with Gasteiger partial charge in [0.25, 0.3) is 5.43 Å². The van der Waals surface area contributed by atoms with Crippen LogP contribution in [0, 0.1) is 0 Å². The van der Waals surface area contributed by atoms with Crippen LogP contribution in [0.3, 0.4) is 0 Å². The first-order valence-corrected chi connectivity index (χ1v) is 9.48. The van der Waals surface area contributed by atoms with Gasteiger partial charge in [0.05, 0.1) is 10.7 Å². The molecule has 0 saturated heterocycles. The number of rotatable bonds is 3. The molecule has 0 aliphatic carbocycles. The Bertz CT molecular complexity index is 1160. The van der Waals surface area contributed by atoms with Crippen molar-refractivity contribution in [1.82, 2.24) is 9.97 Å². The third kappa shape index (κ3) is 3.58. The van der Waals surface area contributed by atoms with Gasteiger partial charge in [-0.1, -0.05) is 36.4 Å². The van der Waals surface area contributed by atoms with E-state index in [1.54, 1.807) is 11.3 Å². The lowest BCUT2D eigenvalue weighted by Gasteiger charge is -2.23. The summed E-state index contributed by atoms with van der Waals surface area (Å²) in [6.07, 6.45) is 1.46. The molecule has 3 heterocycles. The summed E-state index contributed by atoms with van der Waals surface area (Å²) in [4.78, 5) is 30.7. The van der Waals surface area contributed by atoms with Gasteiger partial charge in [0.1, 0.15) is 5.69 Å². The molecule has 0 unspecified atom stereocenters. The second kappa shape index (κ2) is 7.94. The maximum absolute atomic E-state index is 10.8. The zero-order chi connectivity index (χ0) is 19.3. The average molecular weight is 385 g/mol. The molecule has 0 amide bonds. The predicted octanol–water partition coefficient (Wildman–Crippen LogP) is 4.40. The Morgan fingerprint density at radius 3 is 1.93 bits per heavy atom. The summed E-state index contributed by atoms with van der Waals surface area (Å²) >= 11 is 1.75. The van der Waals surface area contributed by atoms with Gasteiger partial charge in [-0.05, 0) is 47.8 Å². The van der Waals surface area contributed by atoms with Gasteiger partial charge in [-0.2, -0.15) is 0 Å². The van der Waals surface area contributed by atoms with Crippen molar-refractivity contribution in [3.63, 3.8) is 0 Å². The van der Waals surface area contributed by atoms with Crippen molar-refractivity contribution in [3.8, 4) is 11.4 Å². The second-order valence-electron chi connectivity index (χ2n) is 5.88. The van der Waals surface area contributed by atoms with Crippen molar-refractivity contribution >= 4 is 27.7 Å². The molecule has 2 aromatic carbocycles. The summed E-state index contributed by atoms with van der Waals surface area (Å²) in [7, 11) is 0. The minimum Gasteiger partial charge on any atom is -0.302 e. The molecule has 0 saturated carbocycles. The number of fused-ring (bicyclic) bond motifs is 1. The average Bonchev–Trinajstić information content (AvgIpc) is 3.46. The Hall–Kier alpha value is -3.64. The quantitative estimate of drug-likeness (QED) is 0.431. The van der Waals surface area contributed by atoms with E-state index in [9.17, 15) is 9.59 Å². The SMILES string of the molecule is O=c1nc2ccnc-2c1=O.c1ccc(N(c2ccccc2)c2cccs2)cc1. The van der Waals surface area contributed by atoms with Crippen LogP contribution < -0.4 is 15.9 Å². The number of nitrogens with zero attached hydrogens (tertiary/aromatic N) is 3. The fourth-order valence-electron chi connectivity index (χ4n) is 2.81. The minimum absolute atomic E-state index is 0.185. The maximum atomic E-state index is 10.8. The van der Waals surface area contributed by atoms with Crippen molar-refractivity contribution < 1.29 is 0 Å². The third-order valence-corrected chi connectivity index (χ3v) is 4.92. The molecule has 28 heavy (non-hydrogen) atoms. The fourth-order valence-corrected chi connectivity index (χ4v) is 3.58. The van der Waals surface area contributed by atoms with Crippen LogP contribution in [-0.4, -0.2) is 9.97 Å². The van der Waals surface area contributed by atoms with E-state index in [-0.39, 0.29) is 5.69 Å². The van der Waals surface area contributed by atoms with E-state index in [1.165, 1.54) is 28.6 Å². The number of aromatic nitrogens is 2. The van der Waals surface area contributed by atoms with Crippen LogP contribution >= 0.6 is 11.3 Å². The molecule has 5 rings (SSSR count). The molecule has 136 valence electrons. The van der Waals surface area contributed by atoms with Crippen molar-refractivity contribution in [2.24, 2.45) is 0 Å². The lowest BCUT2D eigenvalue weighted by atomic mass is 10.2. The molecular weight excluding hydrogens is 370 g/mol. The molecule has 5 nitrogen and oxygen atoms in total. The van der Waals surface area contributed by atoms with Crippen LogP contribution in [0.15, 0.2) is 100 Å². The maximum Gasteiger partial charge on any atom is 0.320 e. The highest BCUT2D eigenvalue weighted by Gasteiger charge is 2.14. The van der Waals surface area contributed by atoms with Gasteiger partial charge in [0.15, 0.2) is 0 Å². The van der Waals surface area contributed by atoms with Crippen LogP contribution in [0.2, 0.25) is 0 Å². The van der Waals surface area contributed by atoms with E-state index in [1.807, 2.05) is 12.1 Å². The van der Waals surface area contributed by atoms with Crippen LogP contribution in [0.5, 0.6) is 0 Å². The molecule has 0 radical (unpaired) electrons. The summed E-state index contributed by atoms with van der Waals surface area (Å²) in [6, 6.07) is 26.7.